The zero-order chi connectivity index (χ0) is 15.2. The number of nitriles is 1. The second-order valence-corrected chi connectivity index (χ2v) is 4.41. The van der Waals surface area contributed by atoms with Crippen LogP contribution in [0.1, 0.15) is 19.0 Å². The van der Waals surface area contributed by atoms with Gasteiger partial charge in [-0.3, -0.25) is 4.40 Å². The van der Waals surface area contributed by atoms with E-state index in [4.69, 9.17) is 10.4 Å². The molecule has 0 unspecified atom stereocenters. The Kier molecular flexibility index (Phi) is 4.57. The number of nitrogens with zero attached hydrogens (tertiary/aromatic N) is 4. The van der Waals surface area contributed by atoms with Crippen LogP contribution in [-0.2, 0) is 4.79 Å². The number of carboxylic acids is 1. The summed E-state index contributed by atoms with van der Waals surface area (Å²) < 4.78 is 1.84. The number of pyridine rings is 1. The van der Waals surface area contributed by atoms with Crippen LogP contribution in [0.2, 0.25) is 0 Å². The van der Waals surface area contributed by atoms with E-state index in [0.29, 0.717) is 31.0 Å². The van der Waals surface area contributed by atoms with E-state index in [2.05, 4.69) is 11.1 Å². The van der Waals surface area contributed by atoms with Gasteiger partial charge in [0.15, 0.2) is 5.82 Å². The molecule has 21 heavy (non-hydrogen) atoms. The van der Waals surface area contributed by atoms with Crippen molar-refractivity contribution in [2.24, 2.45) is 0 Å². The van der Waals surface area contributed by atoms with Crippen LogP contribution in [0.15, 0.2) is 30.5 Å². The lowest BCUT2D eigenvalue weighted by molar-refractivity contribution is -0.131. The highest BCUT2D eigenvalue weighted by Crippen LogP contribution is 2.23. The van der Waals surface area contributed by atoms with E-state index in [-0.39, 0.29) is 0 Å². The molecule has 0 aliphatic heterocycles. The van der Waals surface area contributed by atoms with Gasteiger partial charge in [-0.25, -0.2) is 9.78 Å². The molecule has 0 radical (unpaired) electrons. The maximum absolute atomic E-state index is 10.8. The van der Waals surface area contributed by atoms with Gasteiger partial charge < -0.3 is 10.0 Å². The topological polar surface area (TPSA) is 81.6 Å². The summed E-state index contributed by atoms with van der Waals surface area (Å²) in [6, 6.07) is 7.72. The minimum atomic E-state index is -1.01. The predicted octanol–water partition coefficient (Wildman–Crippen LogP) is 2.17. The summed E-state index contributed by atoms with van der Waals surface area (Å²) >= 11 is 0. The largest absolute Gasteiger partial charge is 0.478 e. The molecule has 0 saturated carbocycles. The molecule has 2 heterocycles. The maximum Gasteiger partial charge on any atom is 0.328 e. The first-order chi connectivity index (χ1) is 10.2. The van der Waals surface area contributed by atoms with E-state index in [1.165, 1.54) is 6.08 Å². The molecule has 0 aromatic carbocycles. The quantitative estimate of drug-likeness (QED) is 0.822. The molecule has 2 aromatic heterocycles. The molecule has 0 aliphatic carbocycles. The van der Waals surface area contributed by atoms with E-state index in [9.17, 15) is 4.79 Å². The minimum absolute atomic E-state index is 0.393. The molecule has 6 heteroatoms. The Labute approximate surface area is 122 Å². The van der Waals surface area contributed by atoms with Gasteiger partial charge in [-0.05, 0) is 25.1 Å². The van der Waals surface area contributed by atoms with Crippen molar-refractivity contribution >= 4 is 23.5 Å². The van der Waals surface area contributed by atoms with Crippen molar-refractivity contribution < 1.29 is 9.90 Å². The van der Waals surface area contributed by atoms with Crippen molar-refractivity contribution in [2.75, 3.05) is 18.0 Å². The third-order valence-corrected chi connectivity index (χ3v) is 3.11. The van der Waals surface area contributed by atoms with Gasteiger partial charge in [0.1, 0.15) is 5.65 Å². The molecule has 0 atom stereocenters. The van der Waals surface area contributed by atoms with Gasteiger partial charge in [-0.2, -0.15) is 5.26 Å². The van der Waals surface area contributed by atoms with E-state index in [1.54, 1.807) is 0 Å². The normalized spacial score (nSPS) is 10.9. The maximum atomic E-state index is 10.8. The predicted molar refractivity (Wildman–Crippen MR) is 80.0 cm³/mol. The monoisotopic (exact) mass is 284 g/mol. The second-order valence-electron chi connectivity index (χ2n) is 4.41. The van der Waals surface area contributed by atoms with E-state index in [1.807, 2.05) is 40.6 Å². The molecule has 2 rings (SSSR count). The fraction of sp³-hybridized carbons (Fsp3) is 0.267. The van der Waals surface area contributed by atoms with Gasteiger partial charge in [0.2, 0.25) is 0 Å². The van der Waals surface area contributed by atoms with Crippen LogP contribution < -0.4 is 4.90 Å². The minimum Gasteiger partial charge on any atom is -0.478 e. The van der Waals surface area contributed by atoms with Crippen molar-refractivity contribution in [1.82, 2.24) is 9.38 Å². The lowest BCUT2D eigenvalue weighted by Gasteiger charge is -2.19. The van der Waals surface area contributed by atoms with Crippen LogP contribution in [0.25, 0.3) is 11.7 Å². The molecule has 0 saturated heterocycles. The van der Waals surface area contributed by atoms with Crippen LogP contribution >= 0.6 is 0 Å². The first-order valence-electron chi connectivity index (χ1n) is 6.67. The van der Waals surface area contributed by atoms with Crippen LogP contribution in [0.5, 0.6) is 0 Å². The highest BCUT2D eigenvalue weighted by atomic mass is 16.4. The molecule has 6 nitrogen and oxygen atoms in total. The molecule has 1 N–H and O–H groups in total. The molecule has 0 bridgehead atoms. The number of carboxylic acid groups (broad SMARTS) is 1. The molecule has 0 aliphatic rings. The lowest BCUT2D eigenvalue weighted by Crippen LogP contribution is -2.24. The SMILES string of the molecule is CCN(CCC#N)c1nc2ccccn2c1C=CC(=O)O. The van der Waals surface area contributed by atoms with E-state index < -0.39 is 5.97 Å². The highest BCUT2D eigenvalue weighted by Gasteiger charge is 2.15. The van der Waals surface area contributed by atoms with Crippen molar-refractivity contribution in [3.05, 3.63) is 36.2 Å². The van der Waals surface area contributed by atoms with Crippen LogP contribution in [0.3, 0.4) is 0 Å². The summed E-state index contributed by atoms with van der Waals surface area (Å²) in [5, 5.41) is 17.6. The Morgan fingerprint density at radius 1 is 1.57 bits per heavy atom. The Morgan fingerprint density at radius 3 is 3.05 bits per heavy atom. The molecule has 2 aromatic rings. The van der Waals surface area contributed by atoms with Crippen molar-refractivity contribution in [3.63, 3.8) is 0 Å². The van der Waals surface area contributed by atoms with Gasteiger partial charge >= 0.3 is 5.97 Å². The number of carbonyl (C=O) groups is 1. The van der Waals surface area contributed by atoms with Gasteiger partial charge in [-0.1, -0.05) is 6.07 Å². The molecule has 0 spiro atoms. The number of aliphatic carboxylic acids is 1. The van der Waals surface area contributed by atoms with Crippen molar-refractivity contribution in [3.8, 4) is 6.07 Å². The highest BCUT2D eigenvalue weighted by molar-refractivity contribution is 5.86. The number of hydrogen-bond acceptors (Lipinski definition) is 4. The van der Waals surface area contributed by atoms with Gasteiger partial charge in [-0.15, -0.1) is 0 Å². The summed E-state index contributed by atoms with van der Waals surface area (Å²) in [6.45, 7) is 3.23. The third kappa shape index (κ3) is 3.20. The summed E-state index contributed by atoms with van der Waals surface area (Å²) in [6.07, 6.45) is 4.86. The van der Waals surface area contributed by atoms with E-state index >= 15 is 0 Å². The molecular formula is C15H16N4O2. The van der Waals surface area contributed by atoms with Gasteiger partial charge in [0.05, 0.1) is 18.2 Å². The number of anilines is 1. The molecule has 0 fully saturated rings. The average Bonchev–Trinajstić information content (AvgIpc) is 2.84. The Morgan fingerprint density at radius 2 is 2.38 bits per heavy atom. The first kappa shape index (κ1) is 14.6. The zero-order valence-corrected chi connectivity index (χ0v) is 11.7. The van der Waals surface area contributed by atoms with Crippen LogP contribution in [-0.4, -0.2) is 33.6 Å². The lowest BCUT2D eigenvalue weighted by atomic mass is 10.3. The zero-order valence-electron chi connectivity index (χ0n) is 11.7. The average molecular weight is 284 g/mol. The third-order valence-electron chi connectivity index (χ3n) is 3.11. The van der Waals surface area contributed by atoms with Crippen LogP contribution in [0, 0.1) is 11.3 Å². The summed E-state index contributed by atoms with van der Waals surface area (Å²) in [5.74, 6) is -0.316. The number of hydrogen-bond donors (Lipinski definition) is 1. The van der Waals surface area contributed by atoms with E-state index in [0.717, 1.165) is 11.7 Å². The van der Waals surface area contributed by atoms with Crippen LogP contribution in [0.4, 0.5) is 5.82 Å². The molecule has 108 valence electrons. The van der Waals surface area contributed by atoms with Crippen molar-refractivity contribution in [2.45, 2.75) is 13.3 Å². The summed E-state index contributed by atoms with van der Waals surface area (Å²) in [4.78, 5) is 17.3. The molecule has 0 amide bonds. The first-order valence-corrected chi connectivity index (χ1v) is 6.67. The standard InChI is InChI=1S/C15H16N4O2/c1-2-18(10-5-9-16)15-12(7-8-14(20)21)19-11-4-3-6-13(19)17-15/h3-4,6-8,11H,2,5,10H2,1H3,(H,20,21). The second kappa shape index (κ2) is 6.57. The van der Waals surface area contributed by atoms with Crippen molar-refractivity contribution in [1.29, 1.82) is 5.26 Å². The number of rotatable bonds is 6. The number of imidazole rings is 1. The summed E-state index contributed by atoms with van der Waals surface area (Å²) in [7, 11) is 0. The number of fused-ring (bicyclic) bond motifs is 1. The fourth-order valence-electron chi connectivity index (χ4n) is 2.14. The van der Waals surface area contributed by atoms with Gasteiger partial charge in [0, 0.05) is 25.4 Å². The Hall–Kier alpha value is -2.81. The Balaban J connectivity index is 2.52. The fourth-order valence-corrected chi connectivity index (χ4v) is 2.14. The number of aromatic nitrogens is 2. The Bertz CT molecular complexity index is 712. The molecular weight excluding hydrogens is 268 g/mol. The summed E-state index contributed by atoms with van der Waals surface area (Å²) in [5.41, 5.74) is 1.45. The van der Waals surface area contributed by atoms with Gasteiger partial charge in [0.25, 0.3) is 0 Å². The smallest absolute Gasteiger partial charge is 0.328 e.